The minimum Gasteiger partial charge on any atom is -0.391 e. The van der Waals surface area contributed by atoms with E-state index in [4.69, 9.17) is 0 Å². The Bertz CT molecular complexity index is 456. The predicted octanol–water partition coefficient (Wildman–Crippen LogP) is 2.22. The average molecular weight is 261 g/mol. The largest absolute Gasteiger partial charge is 0.391 e. The number of likely N-dealkylation sites (tertiary alicyclic amines) is 1. The van der Waals surface area contributed by atoms with Gasteiger partial charge in [-0.1, -0.05) is 23.8 Å². The van der Waals surface area contributed by atoms with Gasteiger partial charge < -0.3 is 10.0 Å². The number of β-amino-alcohol motifs (C(OH)–C–C–N with tert-alkyl or cyclic N) is 1. The molecule has 1 aliphatic rings. The summed E-state index contributed by atoms with van der Waals surface area (Å²) in [7, 11) is 0. The number of aliphatic hydroxyl groups excluding tert-OH is 1. The van der Waals surface area contributed by atoms with Crippen LogP contribution in [0.4, 0.5) is 0 Å². The van der Waals surface area contributed by atoms with Crippen molar-refractivity contribution in [2.75, 3.05) is 13.1 Å². The Hall–Kier alpha value is -1.35. The van der Waals surface area contributed by atoms with Gasteiger partial charge in [0.1, 0.15) is 0 Å². The number of hydrogen-bond acceptors (Lipinski definition) is 2. The lowest BCUT2D eigenvalue weighted by molar-refractivity contribution is -0.134. The molecule has 1 aliphatic heterocycles. The zero-order valence-electron chi connectivity index (χ0n) is 11.9. The number of aliphatic hydroxyl groups is 1. The molecule has 0 spiro atoms. The Balaban J connectivity index is 1.89. The minimum absolute atomic E-state index is 0.165. The van der Waals surface area contributed by atoms with Crippen molar-refractivity contribution in [3.63, 3.8) is 0 Å². The summed E-state index contributed by atoms with van der Waals surface area (Å²) in [4.78, 5) is 13.9. The van der Waals surface area contributed by atoms with Gasteiger partial charge in [-0.25, -0.2) is 0 Å². The second-order valence-corrected chi connectivity index (χ2v) is 5.57. The minimum atomic E-state index is -0.334. The van der Waals surface area contributed by atoms with Crippen LogP contribution in [0.5, 0.6) is 0 Å². The number of rotatable bonds is 3. The maximum absolute atomic E-state index is 12.1. The second-order valence-electron chi connectivity index (χ2n) is 5.57. The van der Waals surface area contributed by atoms with Crippen LogP contribution < -0.4 is 0 Å². The van der Waals surface area contributed by atoms with E-state index in [9.17, 15) is 9.90 Å². The number of amides is 1. The highest BCUT2D eigenvalue weighted by molar-refractivity contribution is 5.76. The molecule has 19 heavy (non-hydrogen) atoms. The van der Waals surface area contributed by atoms with E-state index in [-0.39, 0.29) is 12.0 Å². The highest BCUT2D eigenvalue weighted by Crippen LogP contribution is 2.15. The highest BCUT2D eigenvalue weighted by Gasteiger charge is 2.21. The van der Waals surface area contributed by atoms with Crippen LogP contribution in [0.1, 0.15) is 36.0 Å². The first-order chi connectivity index (χ1) is 9.06. The Morgan fingerprint density at radius 3 is 2.89 bits per heavy atom. The van der Waals surface area contributed by atoms with Gasteiger partial charge in [0.05, 0.1) is 6.10 Å². The highest BCUT2D eigenvalue weighted by atomic mass is 16.3. The molecule has 3 nitrogen and oxygen atoms in total. The zero-order chi connectivity index (χ0) is 13.8. The fraction of sp³-hybridized carbons (Fsp3) is 0.562. The molecule has 1 N–H and O–H groups in total. The van der Waals surface area contributed by atoms with Gasteiger partial charge in [-0.2, -0.15) is 0 Å². The number of carbonyl (C=O) groups is 1. The van der Waals surface area contributed by atoms with E-state index in [0.29, 0.717) is 13.0 Å². The number of hydrogen-bond donors (Lipinski definition) is 1. The molecule has 3 heteroatoms. The molecule has 1 unspecified atom stereocenters. The molecule has 1 saturated heterocycles. The average Bonchev–Trinajstić information content (AvgIpc) is 2.37. The van der Waals surface area contributed by atoms with Gasteiger partial charge in [0.2, 0.25) is 5.91 Å². The fourth-order valence-corrected chi connectivity index (χ4v) is 2.71. The third kappa shape index (κ3) is 3.80. The van der Waals surface area contributed by atoms with Crippen LogP contribution in [0.2, 0.25) is 0 Å². The molecule has 0 aromatic heterocycles. The number of benzene rings is 1. The lowest BCUT2D eigenvalue weighted by atomic mass is 10.0. The lowest BCUT2D eigenvalue weighted by Gasteiger charge is -2.30. The van der Waals surface area contributed by atoms with Gasteiger partial charge in [-0.05, 0) is 44.2 Å². The Labute approximate surface area is 115 Å². The van der Waals surface area contributed by atoms with Gasteiger partial charge in [-0.3, -0.25) is 4.79 Å². The van der Waals surface area contributed by atoms with Gasteiger partial charge in [-0.15, -0.1) is 0 Å². The molecule has 1 aromatic rings. The summed E-state index contributed by atoms with van der Waals surface area (Å²) >= 11 is 0. The third-order valence-corrected chi connectivity index (χ3v) is 3.86. The summed E-state index contributed by atoms with van der Waals surface area (Å²) in [6.07, 6.45) is 2.73. The summed E-state index contributed by atoms with van der Waals surface area (Å²) < 4.78 is 0. The summed E-state index contributed by atoms with van der Waals surface area (Å²) in [6.45, 7) is 5.48. The van der Waals surface area contributed by atoms with E-state index in [0.717, 1.165) is 25.8 Å². The predicted molar refractivity (Wildman–Crippen MR) is 76.1 cm³/mol. The van der Waals surface area contributed by atoms with E-state index in [2.05, 4.69) is 32.0 Å². The van der Waals surface area contributed by atoms with Gasteiger partial charge in [0, 0.05) is 19.5 Å². The zero-order valence-corrected chi connectivity index (χ0v) is 11.9. The standard InChI is InChI=1S/C16H23NO2/c1-12-5-6-14(13(2)10-12)7-8-16(19)17-9-3-4-15(18)11-17/h5-6,10,15,18H,3-4,7-9,11H2,1-2H3. The van der Waals surface area contributed by atoms with Crippen LogP contribution in [0.3, 0.4) is 0 Å². The normalized spacial score (nSPS) is 19.5. The number of aryl methyl sites for hydroxylation is 3. The maximum atomic E-state index is 12.1. The molecule has 1 fully saturated rings. The van der Waals surface area contributed by atoms with Crippen LogP contribution >= 0.6 is 0 Å². The molecule has 1 heterocycles. The smallest absolute Gasteiger partial charge is 0.222 e. The Morgan fingerprint density at radius 2 is 2.21 bits per heavy atom. The number of carbonyl (C=O) groups excluding carboxylic acids is 1. The molecule has 1 amide bonds. The fourth-order valence-electron chi connectivity index (χ4n) is 2.71. The van der Waals surface area contributed by atoms with Crippen LogP contribution in [-0.2, 0) is 11.2 Å². The Kier molecular flexibility index (Phi) is 4.59. The summed E-state index contributed by atoms with van der Waals surface area (Å²) in [5.74, 6) is 0.165. The SMILES string of the molecule is Cc1ccc(CCC(=O)N2CCCC(O)C2)c(C)c1. The quantitative estimate of drug-likeness (QED) is 0.906. The molecule has 1 atom stereocenters. The van der Waals surface area contributed by atoms with Crippen molar-refractivity contribution in [2.45, 2.75) is 45.6 Å². The van der Waals surface area contributed by atoms with Gasteiger partial charge in [0.15, 0.2) is 0 Å². The molecular formula is C16H23NO2. The van der Waals surface area contributed by atoms with E-state index in [1.54, 1.807) is 4.90 Å². The van der Waals surface area contributed by atoms with Crippen molar-refractivity contribution in [3.8, 4) is 0 Å². The molecule has 0 saturated carbocycles. The van der Waals surface area contributed by atoms with Crippen molar-refractivity contribution in [2.24, 2.45) is 0 Å². The Morgan fingerprint density at radius 1 is 1.42 bits per heavy atom. The lowest BCUT2D eigenvalue weighted by Crippen LogP contribution is -2.42. The van der Waals surface area contributed by atoms with Crippen LogP contribution in [0, 0.1) is 13.8 Å². The number of piperidine rings is 1. The van der Waals surface area contributed by atoms with E-state index in [1.165, 1.54) is 16.7 Å². The molecule has 0 radical (unpaired) electrons. The van der Waals surface area contributed by atoms with Crippen molar-refractivity contribution >= 4 is 5.91 Å². The van der Waals surface area contributed by atoms with Crippen LogP contribution in [0.15, 0.2) is 18.2 Å². The molecule has 1 aromatic carbocycles. The van der Waals surface area contributed by atoms with E-state index >= 15 is 0 Å². The van der Waals surface area contributed by atoms with E-state index in [1.807, 2.05) is 0 Å². The van der Waals surface area contributed by atoms with Crippen LogP contribution in [0.25, 0.3) is 0 Å². The first-order valence-corrected chi connectivity index (χ1v) is 7.08. The van der Waals surface area contributed by atoms with Crippen molar-refractivity contribution in [1.82, 2.24) is 4.90 Å². The molecule has 0 aliphatic carbocycles. The molecular weight excluding hydrogens is 238 g/mol. The summed E-state index contributed by atoms with van der Waals surface area (Å²) in [5.41, 5.74) is 3.76. The van der Waals surface area contributed by atoms with Gasteiger partial charge in [0.25, 0.3) is 0 Å². The first kappa shape index (κ1) is 14.1. The summed E-state index contributed by atoms with van der Waals surface area (Å²) in [6, 6.07) is 6.37. The van der Waals surface area contributed by atoms with Crippen molar-refractivity contribution in [3.05, 3.63) is 34.9 Å². The molecule has 2 rings (SSSR count). The van der Waals surface area contributed by atoms with Crippen molar-refractivity contribution < 1.29 is 9.90 Å². The molecule has 0 bridgehead atoms. The topological polar surface area (TPSA) is 40.5 Å². The van der Waals surface area contributed by atoms with Crippen molar-refractivity contribution in [1.29, 1.82) is 0 Å². The first-order valence-electron chi connectivity index (χ1n) is 7.08. The monoisotopic (exact) mass is 261 g/mol. The summed E-state index contributed by atoms with van der Waals surface area (Å²) in [5, 5.41) is 9.59. The number of nitrogens with zero attached hydrogens (tertiary/aromatic N) is 1. The van der Waals surface area contributed by atoms with E-state index < -0.39 is 0 Å². The van der Waals surface area contributed by atoms with Gasteiger partial charge >= 0.3 is 0 Å². The van der Waals surface area contributed by atoms with Crippen LogP contribution in [-0.4, -0.2) is 35.1 Å². The second kappa shape index (κ2) is 6.20. The maximum Gasteiger partial charge on any atom is 0.222 e. The third-order valence-electron chi connectivity index (χ3n) is 3.86. The molecule has 104 valence electrons.